The number of nitrogens with one attached hydrogen (secondary N) is 1. The predicted molar refractivity (Wildman–Crippen MR) is 153 cm³/mol. The minimum Gasteiger partial charge on any atom is -0.492 e. The van der Waals surface area contributed by atoms with Crippen molar-refractivity contribution in [2.45, 2.75) is 62.7 Å². The molecule has 4 atom stereocenters. The number of carbonyl (C=O) groups excluding carboxylic acids is 2. The van der Waals surface area contributed by atoms with Crippen molar-refractivity contribution in [1.29, 1.82) is 0 Å². The maximum Gasteiger partial charge on any atom is 0.253 e. The van der Waals surface area contributed by atoms with Crippen LogP contribution in [0.1, 0.15) is 62.2 Å². The van der Waals surface area contributed by atoms with E-state index in [2.05, 4.69) is 17.1 Å². The maximum absolute atomic E-state index is 13.3. The number of carbonyl (C=O) groups is 2. The van der Waals surface area contributed by atoms with Crippen LogP contribution in [0.3, 0.4) is 0 Å². The van der Waals surface area contributed by atoms with Crippen LogP contribution in [0, 0.1) is 17.8 Å². The summed E-state index contributed by atoms with van der Waals surface area (Å²) in [6.45, 7) is 8.41. The number of ether oxygens (including phenoxy) is 2. The van der Waals surface area contributed by atoms with Crippen LogP contribution in [0.25, 0.3) is 0 Å². The SMILES string of the molecule is CC1(CC2CCN(C(=O)c3cccc(OCCN4CCOCC4)c3)CC2)SC(=N[C@H]2CC3CC[C@H]2C3)NC1=O. The third-order valence-electron chi connectivity index (χ3n) is 9.45. The number of piperidine rings is 1. The molecule has 5 fully saturated rings. The first-order chi connectivity index (χ1) is 18.9. The zero-order valence-electron chi connectivity index (χ0n) is 23.1. The highest BCUT2D eigenvalue weighted by Crippen LogP contribution is 2.47. The molecule has 2 saturated carbocycles. The Bertz CT molecular complexity index is 1080. The molecule has 1 aromatic carbocycles. The van der Waals surface area contributed by atoms with E-state index in [1.165, 1.54) is 25.7 Å². The van der Waals surface area contributed by atoms with Crippen LogP contribution >= 0.6 is 11.8 Å². The summed E-state index contributed by atoms with van der Waals surface area (Å²) in [5.74, 6) is 2.89. The zero-order chi connectivity index (χ0) is 26.8. The average Bonchev–Trinajstić information content (AvgIpc) is 3.64. The summed E-state index contributed by atoms with van der Waals surface area (Å²) >= 11 is 1.64. The van der Waals surface area contributed by atoms with Gasteiger partial charge in [0, 0.05) is 38.3 Å². The number of thioether (sulfide) groups is 1. The minimum absolute atomic E-state index is 0.0616. The van der Waals surface area contributed by atoms with Gasteiger partial charge in [-0.15, -0.1) is 0 Å². The fraction of sp³-hybridized carbons (Fsp3) is 0.700. The van der Waals surface area contributed by atoms with Gasteiger partial charge in [-0.3, -0.25) is 19.5 Å². The first-order valence-electron chi connectivity index (χ1n) is 14.9. The van der Waals surface area contributed by atoms with Crippen molar-refractivity contribution >= 4 is 28.7 Å². The second kappa shape index (κ2) is 11.8. The molecule has 2 amide bonds. The molecule has 5 aliphatic rings. The van der Waals surface area contributed by atoms with Crippen molar-refractivity contribution < 1.29 is 19.1 Å². The number of likely N-dealkylation sites (tertiary alicyclic amines) is 1. The van der Waals surface area contributed by atoms with Gasteiger partial charge in [0.15, 0.2) is 5.17 Å². The summed E-state index contributed by atoms with van der Waals surface area (Å²) in [5, 5.41) is 3.93. The number of amidine groups is 1. The first-order valence-corrected chi connectivity index (χ1v) is 15.7. The Balaban J connectivity index is 0.972. The standard InChI is InChI=1S/C30H42N4O4S/c1-30(28(36)32-29(39-30)31-26-18-22-5-6-23(26)17-22)20-21-7-9-34(10-8-21)27(35)24-3-2-4-25(19-24)38-16-13-33-11-14-37-15-12-33/h2-4,19,21-23,26H,5-18,20H2,1H3,(H,31,32,36)/t22?,23-,26-,30?/m0/s1. The Morgan fingerprint density at radius 2 is 1.97 bits per heavy atom. The monoisotopic (exact) mass is 554 g/mol. The van der Waals surface area contributed by atoms with E-state index in [0.29, 0.717) is 24.1 Å². The molecule has 2 unspecified atom stereocenters. The number of benzene rings is 1. The molecule has 3 aliphatic heterocycles. The van der Waals surface area contributed by atoms with Crippen LogP contribution in [0.5, 0.6) is 5.75 Å². The van der Waals surface area contributed by atoms with Crippen molar-refractivity contribution in [1.82, 2.24) is 15.1 Å². The van der Waals surface area contributed by atoms with Crippen LogP contribution < -0.4 is 10.1 Å². The fourth-order valence-corrected chi connectivity index (χ4v) is 8.36. The van der Waals surface area contributed by atoms with Gasteiger partial charge in [-0.2, -0.15) is 0 Å². The fourth-order valence-electron chi connectivity index (χ4n) is 7.14. The zero-order valence-corrected chi connectivity index (χ0v) is 23.9. The maximum atomic E-state index is 13.3. The van der Waals surface area contributed by atoms with Crippen molar-refractivity contribution in [3.63, 3.8) is 0 Å². The Kier molecular flexibility index (Phi) is 8.19. The lowest BCUT2D eigenvalue weighted by Gasteiger charge is -2.34. The van der Waals surface area contributed by atoms with Gasteiger partial charge in [0.25, 0.3) is 5.91 Å². The number of amides is 2. The molecular weight excluding hydrogens is 512 g/mol. The minimum atomic E-state index is -0.472. The number of hydrogen-bond acceptors (Lipinski definition) is 7. The van der Waals surface area contributed by atoms with E-state index >= 15 is 0 Å². The van der Waals surface area contributed by atoms with E-state index in [4.69, 9.17) is 14.5 Å². The van der Waals surface area contributed by atoms with E-state index in [0.717, 1.165) is 88.0 Å². The van der Waals surface area contributed by atoms with E-state index in [1.807, 2.05) is 29.2 Å². The Morgan fingerprint density at radius 1 is 1.15 bits per heavy atom. The van der Waals surface area contributed by atoms with Crippen LogP contribution in [0.4, 0.5) is 0 Å². The Hall–Kier alpha value is -2.10. The molecule has 0 aromatic heterocycles. The van der Waals surface area contributed by atoms with Gasteiger partial charge in [0.2, 0.25) is 5.91 Å². The van der Waals surface area contributed by atoms with E-state index < -0.39 is 4.75 Å². The molecule has 6 rings (SSSR count). The highest BCUT2D eigenvalue weighted by Gasteiger charge is 2.46. The molecule has 3 saturated heterocycles. The second-order valence-corrected chi connectivity index (χ2v) is 13.7. The highest BCUT2D eigenvalue weighted by atomic mass is 32.2. The summed E-state index contributed by atoms with van der Waals surface area (Å²) in [5.41, 5.74) is 0.677. The molecule has 8 nitrogen and oxygen atoms in total. The lowest BCUT2D eigenvalue weighted by atomic mass is 9.87. The summed E-state index contributed by atoms with van der Waals surface area (Å²) in [7, 11) is 0. The van der Waals surface area contributed by atoms with Crippen LogP contribution in [0.2, 0.25) is 0 Å². The quantitative estimate of drug-likeness (QED) is 0.526. The normalized spacial score (nSPS) is 32.6. The van der Waals surface area contributed by atoms with E-state index in [-0.39, 0.29) is 11.8 Å². The van der Waals surface area contributed by atoms with Crippen LogP contribution in [-0.4, -0.2) is 90.1 Å². The second-order valence-electron chi connectivity index (χ2n) is 12.2. The number of morpholine rings is 1. The number of aliphatic imine (C=N–C) groups is 1. The van der Waals surface area contributed by atoms with Crippen molar-refractivity contribution in [2.75, 3.05) is 52.5 Å². The highest BCUT2D eigenvalue weighted by molar-refractivity contribution is 8.16. The van der Waals surface area contributed by atoms with Gasteiger partial charge in [-0.05, 0) is 81.4 Å². The van der Waals surface area contributed by atoms with Crippen LogP contribution in [-0.2, 0) is 9.53 Å². The molecule has 2 aliphatic carbocycles. The first kappa shape index (κ1) is 27.1. The molecule has 39 heavy (non-hydrogen) atoms. The predicted octanol–water partition coefficient (Wildman–Crippen LogP) is 3.81. The van der Waals surface area contributed by atoms with Crippen molar-refractivity contribution in [2.24, 2.45) is 22.7 Å². The van der Waals surface area contributed by atoms with Gasteiger partial charge >= 0.3 is 0 Å². The Labute approximate surface area is 236 Å². The third-order valence-corrected chi connectivity index (χ3v) is 10.7. The smallest absolute Gasteiger partial charge is 0.253 e. The van der Waals surface area contributed by atoms with Crippen molar-refractivity contribution in [3.8, 4) is 5.75 Å². The van der Waals surface area contributed by atoms with Crippen LogP contribution in [0.15, 0.2) is 29.3 Å². The van der Waals surface area contributed by atoms with Gasteiger partial charge in [0.1, 0.15) is 12.4 Å². The number of nitrogens with zero attached hydrogens (tertiary/aromatic N) is 3. The van der Waals surface area contributed by atoms with E-state index in [9.17, 15) is 9.59 Å². The van der Waals surface area contributed by atoms with Crippen molar-refractivity contribution in [3.05, 3.63) is 29.8 Å². The van der Waals surface area contributed by atoms with E-state index in [1.54, 1.807) is 11.8 Å². The van der Waals surface area contributed by atoms with Gasteiger partial charge in [-0.1, -0.05) is 24.2 Å². The number of fused-ring (bicyclic) bond motifs is 2. The Morgan fingerprint density at radius 3 is 2.72 bits per heavy atom. The van der Waals surface area contributed by atoms with Gasteiger partial charge in [0.05, 0.1) is 24.0 Å². The summed E-state index contributed by atoms with van der Waals surface area (Å²) in [6, 6.07) is 7.96. The van der Waals surface area contributed by atoms with Gasteiger partial charge < -0.3 is 19.7 Å². The number of hydrogen-bond donors (Lipinski definition) is 1. The molecule has 1 aromatic rings. The third kappa shape index (κ3) is 6.30. The number of rotatable bonds is 8. The lowest BCUT2D eigenvalue weighted by molar-refractivity contribution is -0.121. The molecule has 9 heteroatoms. The molecule has 0 radical (unpaired) electrons. The summed E-state index contributed by atoms with van der Waals surface area (Å²) in [4.78, 5) is 35.5. The molecular formula is C30H42N4O4S. The molecule has 3 heterocycles. The summed E-state index contributed by atoms with van der Waals surface area (Å²) in [6.07, 6.45) is 7.84. The molecule has 1 N–H and O–H groups in total. The van der Waals surface area contributed by atoms with Gasteiger partial charge in [-0.25, -0.2) is 0 Å². The largest absolute Gasteiger partial charge is 0.492 e. The average molecular weight is 555 g/mol. The topological polar surface area (TPSA) is 83.5 Å². The molecule has 2 bridgehead atoms. The molecule has 212 valence electrons. The summed E-state index contributed by atoms with van der Waals surface area (Å²) < 4.78 is 10.9. The lowest BCUT2D eigenvalue weighted by Crippen LogP contribution is -2.41. The molecule has 0 spiro atoms.